The van der Waals surface area contributed by atoms with Gasteiger partial charge in [-0.2, -0.15) is 13.2 Å². The standard InChI is InChI=1S/C19H15ClF3N3O3S2/c1-29-15-5-4-11(7-13(15)20)26-17(28)14(8-12-3-2-6-30-12)25-18(26)31-9-16(27)24-10-19(21,22)23/h2-8H,9-10H2,1H3,(H,24,27)/b14-8+. The monoisotopic (exact) mass is 489 g/mol. The summed E-state index contributed by atoms with van der Waals surface area (Å²) in [5.41, 5.74) is 0.514. The number of anilines is 1. The summed E-state index contributed by atoms with van der Waals surface area (Å²) in [6.45, 7) is -1.43. The van der Waals surface area contributed by atoms with Gasteiger partial charge in [0.25, 0.3) is 5.91 Å². The molecule has 1 aliphatic rings. The first-order valence-electron chi connectivity index (χ1n) is 8.66. The molecule has 2 heterocycles. The van der Waals surface area contributed by atoms with Crippen molar-refractivity contribution in [3.8, 4) is 5.75 Å². The number of thiophene rings is 1. The third kappa shape index (κ3) is 6.02. The molecule has 6 nitrogen and oxygen atoms in total. The Morgan fingerprint density at radius 1 is 1.39 bits per heavy atom. The second kappa shape index (κ2) is 9.75. The van der Waals surface area contributed by atoms with Crippen LogP contribution in [0.4, 0.5) is 18.9 Å². The van der Waals surface area contributed by atoms with Crippen LogP contribution in [0.3, 0.4) is 0 Å². The van der Waals surface area contributed by atoms with Gasteiger partial charge in [-0.15, -0.1) is 11.3 Å². The highest BCUT2D eigenvalue weighted by molar-refractivity contribution is 8.14. The number of nitrogens with one attached hydrogen (secondary N) is 1. The van der Waals surface area contributed by atoms with E-state index in [9.17, 15) is 22.8 Å². The lowest BCUT2D eigenvalue weighted by Crippen LogP contribution is -2.36. The summed E-state index contributed by atoms with van der Waals surface area (Å²) in [6, 6.07) is 8.31. The lowest BCUT2D eigenvalue weighted by Gasteiger charge is -2.18. The van der Waals surface area contributed by atoms with Gasteiger partial charge in [0, 0.05) is 4.88 Å². The highest BCUT2D eigenvalue weighted by Gasteiger charge is 2.33. The van der Waals surface area contributed by atoms with Crippen LogP contribution in [0.5, 0.6) is 5.75 Å². The highest BCUT2D eigenvalue weighted by Crippen LogP contribution is 2.34. The molecule has 0 saturated heterocycles. The molecule has 2 aromatic rings. The number of amides is 2. The number of thioether (sulfide) groups is 1. The molecule has 1 aliphatic heterocycles. The van der Waals surface area contributed by atoms with Gasteiger partial charge in [0.1, 0.15) is 18.0 Å². The van der Waals surface area contributed by atoms with Crippen LogP contribution < -0.4 is 15.0 Å². The Morgan fingerprint density at radius 2 is 2.16 bits per heavy atom. The van der Waals surface area contributed by atoms with Crippen molar-refractivity contribution in [2.45, 2.75) is 6.18 Å². The minimum atomic E-state index is -4.51. The van der Waals surface area contributed by atoms with Crippen LogP contribution >= 0.6 is 34.7 Å². The maximum atomic E-state index is 13.0. The maximum absolute atomic E-state index is 13.0. The van der Waals surface area contributed by atoms with Crippen molar-refractivity contribution < 1.29 is 27.5 Å². The van der Waals surface area contributed by atoms with E-state index in [0.29, 0.717) is 11.4 Å². The van der Waals surface area contributed by atoms with E-state index in [2.05, 4.69) is 4.99 Å². The predicted octanol–water partition coefficient (Wildman–Crippen LogP) is 4.57. The average Bonchev–Trinajstić information content (AvgIpc) is 3.32. The summed E-state index contributed by atoms with van der Waals surface area (Å²) in [5.74, 6) is -1.23. The van der Waals surface area contributed by atoms with Gasteiger partial charge in [-0.25, -0.2) is 4.99 Å². The van der Waals surface area contributed by atoms with E-state index in [1.165, 1.54) is 29.4 Å². The Balaban J connectivity index is 1.85. The van der Waals surface area contributed by atoms with Crippen molar-refractivity contribution in [2.24, 2.45) is 4.99 Å². The molecule has 3 rings (SSSR count). The number of benzene rings is 1. The van der Waals surface area contributed by atoms with Crippen molar-refractivity contribution in [3.05, 3.63) is 51.3 Å². The predicted molar refractivity (Wildman–Crippen MR) is 117 cm³/mol. The topological polar surface area (TPSA) is 71.0 Å². The van der Waals surface area contributed by atoms with Crippen LogP contribution in [0.25, 0.3) is 6.08 Å². The van der Waals surface area contributed by atoms with Crippen LogP contribution in [0.15, 0.2) is 46.4 Å². The molecule has 1 N–H and O–H groups in total. The fraction of sp³-hybridized carbons (Fsp3) is 0.211. The van der Waals surface area contributed by atoms with Gasteiger partial charge < -0.3 is 10.1 Å². The molecule has 12 heteroatoms. The van der Waals surface area contributed by atoms with Crippen LogP contribution in [0.2, 0.25) is 5.02 Å². The summed E-state index contributed by atoms with van der Waals surface area (Å²) in [6.07, 6.45) is -2.91. The third-order valence-corrected chi connectivity index (χ3v) is 5.92. The number of aliphatic imine (C=N–C) groups is 1. The number of nitrogens with zero attached hydrogens (tertiary/aromatic N) is 2. The van der Waals surface area contributed by atoms with E-state index in [4.69, 9.17) is 16.3 Å². The molecule has 0 spiro atoms. The largest absolute Gasteiger partial charge is 0.495 e. The number of hydrogen-bond donors (Lipinski definition) is 1. The van der Waals surface area contributed by atoms with E-state index >= 15 is 0 Å². The number of alkyl halides is 3. The second-order valence-electron chi connectivity index (χ2n) is 6.08. The van der Waals surface area contributed by atoms with Crippen LogP contribution in [0, 0.1) is 0 Å². The molecule has 0 unspecified atom stereocenters. The average molecular weight is 490 g/mol. The van der Waals surface area contributed by atoms with Crippen molar-refractivity contribution in [3.63, 3.8) is 0 Å². The first kappa shape index (κ1) is 23.2. The molecule has 0 saturated carbocycles. The smallest absolute Gasteiger partial charge is 0.405 e. The lowest BCUT2D eigenvalue weighted by molar-refractivity contribution is -0.136. The Bertz CT molecular complexity index is 1040. The molecular weight excluding hydrogens is 475 g/mol. The van der Waals surface area contributed by atoms with Gasteiger partial charge in [-0.05, 0) is 35.7 Å². The molecule has 0 bridgehead atoms. The summed E-state index contributed by atoms with van der Waals surface area (Å²) < 4.78 is 42.0. The summed E-state index contributed by atoms with van der Waals surface area (Å²) in [4.78, 5) is 31.2. The van der Waals surface area contributed by atoms with Crippen LogP contribution in [-0.2, 0) is 9.59 Å². The summed E-state index contributed by atoms with van der Waals surface area (Å²) in [7, 11) is 1.45. The number of carbonyl (C=O) groups is 2. The molecule has 1 aromatic carbocycles. The molecule has 1 aromatic heterocycles. The number of hydrogen-bond acceptors (Lipinski definition) is 6. The molecule has 164 valence electrons. The zero-order valence-electron chi connectivity index (χ0n) is 15.9. The van der Waals surface area contributed by atoms with Gasteiger partial charge in [0.2, 0.25) is 5.91 Å². The van der Waals surface area contributed by atoms with E-state index < -0.39 is 24.5 Å². The van der Waals surface area contributed by atoms with Gasteiger partial charge in [-0.3, -0.25) is 14.5 Å². The molecule has 2 amide bonds. The van der Waals surface area contributed by atoms with Crippen LogP contribution in [-0.4, -0.2) is 42.6 Å². The second-order valence-corrected chi connectivity index (χ2v) is 8.41. The van der Waals surface area contributed by atoms with E-state index in [0.717, 1.165) is 16.6 Å². The fourth-order valence-electron chi connectivity index (χ4n) is 2.50. The zero-order valence-corrected chi connectivity index (χ0v) is 18.3. The number of rotatable bonds is 6. The van der Waals surface area contributed by atoms with Gasteiger partial charge in [0.05, 0.1) is 23.6 Å². The van der Waals surface area contributed by atoms with Crippen molar-refractivity contribution in [1.29, 1.82) is 0 Å². The lowest BCUT2D eigenvalue weighted by atomic mass is 10.2. The Hall–Kier alpha value is -2.50. The first-order valence-corrected chi connectivity index (χ1v) is 10.9. The van der Waals surface area contributed by atoms with E-state index in [1.54, 1.807) is 23.5 Å². The Morgan fingerprint density at radius 3 is 2.77 bits per heavy atom. The quantitative estimate of drug-likeness (QED) is 0.604. The minimum Gasteiger partial charge on any atom is -0.495 e. The first-order chi connectivity index (χ1) is 14.7. The Kier molecular flexibility index (Phi) is 7.29. The minimum absolute atomic E-state index is 0.132. The Labute approximate surface area is 188 Å². The molecule has 0 fully saturated rings. The number of halogens is 4. The van der Waals surface area contributed by atoms with Crippen molar-refractivity contribution >= 4 is 63.4 Å². The SMILES string of the molecule is COc1ccc(N2C(=O)/C(=C\c3cccs3)N=C2SCC(=O)NCC(F)(F)F)cc1Cl. The number of amidine groups is 1. The highest BCUT2D eigenvalue weighted by atomic mass is 35.5. The molecule has 0 radical (unpaired) electrons. The molecule has 31 heavy (non-hydrogen) atoms. The third-order valence-electron chi connectivity index (χ3n) is 3.86. The van der Waals surface area contributed by atoms with Gasteiger partial charge in [0.15, 0.2) is 5.17 Å². The molecular formula is C19H15ClF3N3O3S2. The van der Waals surface area contributed by atoms with E-state index in [1.807, 2.05) is 17.5 Å². The van der Waals surface area contributed by atoms with Gasteiger partial charge in [-0.1, -0.05) is 29.4 Å². The molecule has 0 atom stereocenters. The van der Waals surface area contributed by atoms with Crippen molar-refractivity contribution in [1.82, 2.24) is 5.32 Å². The van der Waals surface area contributed by atoms with Crippen molar-refractivity contribution in [2.75, 3.05) is 24.3 Å². The normalized spacial score (nSPS) is 15.4. The number of methoxy groups -OCH3 is 1. The van der Waals surface area contributed by atoms with Gasteiger partial charge >= 0.3 is 6.18 Å². The van der Waals surface area contributed by atoms with Crippen LogP contribution in [0.1, 0.15) is 4.88 Å². The maximum Gasteiger partial charge on any atom is 0.405 e. The fourth-order valence-corrected chi connectivity index (χ4v) is 4.25. The number of carbonyl (C=O) groups excluding carboxylic acids is 2. The number of ether oxygens (including phenoxy) is 1. The summed E-state index contributed by atoms with van der Waals surface area (Å²) >= 11 is 8.43. The summed E-state index contributed by atoms with van der Waals surface area (Å²) in [5, 5.41) is 4.04. The molecule has 0 aliphatic carbocycles. The zero-order chi connectivity index (χ0) is 22.6. The van der Waals surface area contributed by atoms with E-state index in [-0.39, 0.29) is 21.6 Å².